The number of thiophene rings is 1. The molecule has 0 saturated carbocycles. The lowest BCUT2D eigenvalue weighted by Crippen LogP contribution is -2.37. The molecule has 2 nitrogen and oxygen atoms in total. The summed E-state index contributed by atoms with van der Waals surface area (Å²) in [6, 6.07) is 83.4. The van der Waals surface area contributed by atoms with Gasteiger partial charge < -0.3 is 4.90 Å². The quantitative estimate of drug-likeness (QED) is 0.0857. The van der Waals surface area contributed by atoms with Gasteiger partial charge in [0.25, 0.3) is 0 Å². The Bertz CT molecular complexity index is 4160. The van der Waals surface area contributed by atoms with Gasteiger partial charge in [-0.1, -0.05) is 220 Å². The Balaban J connectivity index is 1.16. The fraction of sp³-hybridized carbons (Fsp3) is 0.116. The number of anilines is 3. The number of fused-ring (bicyclic) bond motifs is 18. The van der Waals surface area contributed by atoms with E-state index in [9.17, 15) is 0 Å². The van der Waals surface area contributed by atoms with Crippen molar-refractivity contribution in [2.24, 2.45) is 0 Å². The van der Waals surface area contributed by atoms with Gasteiger partial charge in [0.05, 0.1) is 37.6 Å². The molecule has 0 bridgehead atoms. The predicted molar refractivity (Wildman–Crippen MR) is 323 cm³/mol. The molecular weight excluding hydrogens is 945 g/mol. The van der Waals surface area contributed by atoms with Crippen LogP contribution in [0.2, 0.25) is 39.3 Å². The molecule has 2 aliphatic carbocycles. The second kappa shape index (κ2) is 16.7. The van der Waals surface area contributed by atoms with Crippen LogP contribution >= 0.6 is 11.3 Å². The van der Waals surface area contributed by atoms with Gasteiger partial charge in [-0.15, -0.1) is 11.3 Å². The first-order valence-corrected chi connectivity index (χ1v) is 34.0. The normalized spacial score (nSPS) is 15.2. The molecule has 0 amide bonds. The van der Waals surface area contributed by atoms with Crippen molar-refractivity contribution in [1.82, 2.24) is 4.98 Å². The van der Waals surface area contributed by atoms with Crippen LogP contribution in [0.4, 0.5) is 17.1 Å². The van der Waals surface area contributed by atoms with E-state index in [0.29, 0.717) is 0 Å². The highest BCUT2D eigenvalue weighted by molar-refractivity contribution is 7.26. The van der Waals surface area contributed by atoms with E-state index in [1.54, 1.807) is 0 Å². The van der Waals surface area contributed by atoms with E-state index in [4.69, 9.17) is 4.98 Å². The summed E-state index contributed by atoms with van der Waals surface area (Å²) in [5.74, 6) is 0.0440. The number of para-hydroxylation sites is 1. The molecule has 0 fully saturated rings. The molecule has 0 N–H and O–H groups in total. The summed E-state index contributed by atoms with van der Waals surface area (Å²) >= 11 is 1.92. The first-order chi connectivity index (χ1) is 36.0. The van der Waals surface area contributed by atoms with Crippen LogP contribution in [0.1, 0.15) is 45.0 Å². The first-order valence-electron chi connectivity index (χ1n) is 26.1. The molecule has 5 heteroatoms. The Kier molecular flexibility index (Phi) is 10.1. The van der Waals surface area contributed by atoms with E-state index >= 15 is 0 Å². The van der Waals surface area contributed by atoms with Gasteiger partial charge in [0.15, 0.2) is 0 Å². The topological polar surface area (TPSA) is 16.1 Å². The molecule has 2 unspecified atom stereocenters. The lowest BCUT2D eigenvalue weighted by molar-refractivity contribution is 0.768. The van der Waals surface area contributed by atoms with Crippen molar-refractivity contribution in [1.29, 1.82) is 0 Å². The van der Waals surface area contributed by atoms with Crippen molar-refractivity contribution in [3.63, 3.8) is 0 Å². The Morgan fingerprint density at radius 1 is 0.432 bits per heavy atom. The van der Waals surface area contributed by atoms with E-state index in [1.165, 1.54) is 113 Å². The van der Waals surface area contributed by atoms with Crippen molar-refractivity contribution < 1.29 is 0 Å². The fourth-order valence-corrected chi connectivity index (χ4v) is 16.4. The maximum Gasteiger partial charge on any atom is 0.0905 e. The zero-order valence-corrected chi connectivity index (χ0v) is 45.6. The van der Waals surface area contributed by atoms with Crippen LogP contribution in [0.5, 0.6) is 0 Å². The summed E-state index contributed by atoms with van der Waals surface area (Å²) in [5, 5.41) is 10.5. The van der Waals surface area contributed by atoms with Crippen LogP contribution < -0.4 is 15.3 Å². The largest absolute Gasteiger partial charge is 0.308 e. The molecule has 2 aromatic heterocycles. The molecule has 10 aromatic carbocycles. The zero-order valence-electron chi connectivity index (χ0n) is 42.7. The molecule has 2 heterocycles. The van der Waals surface area contributed by atoms with Gasteiger partial charge in [-0.05, 0) is 115 Å². The van der Waals surface area contributed by atoms with Crippen molar-refractivity contribution in [3.05, 3.63) is 264 Å². The summed E-state index contributed by atoms with van der Waals surface area (Å²) < 4.78 is 2.57. The second-order valence-electron chi connectivity index (χ2n) is 22.6. The first kappa shape index (κ1) is 45.0. The molecule has 0 radical (unpaired) electrons. The fourth-order valence-electron chi connectivity index (χ4n) is 12.9. The van der Waals surface area contributed by atoms with Crippen LogP contribution in [0.25, 0.3) is 64.0 Å². The highest BCUT2D eigenvalue weighted by Gasteiger charge is 2.55. The Hall–Kier alpha value is -7.68. The van der Waals surface area contributed by atoms with Gasteiger partial charge >= 0.3 is 0 Å². The molecule has 14 rings (SSSR count). The van der Waals surface area contributed by atoms with Crippen molar-refractivity contribution in [2.75, 3.05) is 4.90 Å². The predicted octanol–water partition coefficient (Wildman–Crippen LogP) is 17.8. The third-order valence-corrected chi connectivity index (χ3v) is 21.6. The number of rotatable bonds is 8. The summed E-state index contributed by atoms with van der Waals surface area (Å²) in [5.41, 5.74) is 16.6. The monoisotopic (exact) mass is 1000 g/mol. The van der Waals surface area contributed by atoms with Gasteiger partial charge in [-0.3, -0.25) is 4.98 Å². The van der Waals surface area contributed by atoms with Gasteiger partial charge in [-0.25, -0.2) is 0 Å². The third kappa shape index (κ3) is 6.62. The van der Waals surface area contributed by atoms with E-state index in [1.807, 2.05) is 17.5 Å². The van der Waals surface area contributed by atoms with Gasteiger partial charge in [0, 0.05) is 50.1 Å². The second-order valence-corrected chi connectivity index (χ2v) is 33.8. The number of benzene rings is 10. The molecule has 1 spiro atoms. The van der Waals surface area contributed by atoms with Gasteiger partial charge in [0.2, 0.25) is 0 Å². The number of hydrogen-bond acceptors (Lipinski definition) is 3. The van der Waals surface area contributed by atoms with Crippen LogP contribution in [0, 0.1) is 0 Å². The minimum atomic E-state index is -1.61. The van der Waals surface area contributed by atoms with E-state index in [2.05, 4.69) is 263 Å². The number of nitrogens with zero attached hydrogens (tertiary/aromatic N) is 2. The van der Waals surface area contributed by atoms with Crippen LogP contribution in [-0.2, 0) is 5.41 Å². The molecule has 356 valence electrons. The van der Waals surface area contributed by atoms with Crippen LogP contribution in [0.3, 0.4) is 0 Å². The van der Waals surface area contributed by atoms with Gasteiger partial charge in [0.1, 0.15) is 0 Å². The van der Waals surface area contributed by atoms with Crippen LogP contribution in [-0.4, -0.2) is 21.1 Å². The molecule has 2 aliphatic rings. The molecule has 0 aliphatic heterocycles. The number of hydrogen-bond donors (Lipinski definition) is 0. The molecular formula is C69H56N2SSi2. The summed E-state index contributed by atoms with van der Waals surface area (Å²) in [7, 11) is -3.12. The highest BCUT2D eigenvalue weighted by atomic mass is 32.1. The summed E-state index contributed by atoms with van der Waals surface area (Å²) in [4.78, 5) is 8.18. The van der Waals surface area contributed by atoms with E-state index < -0.39 is 21.6 Å². The SMILES string of the molecule is C[Si](C)(C)c1ccc(C(c2ccccc2)c2ccc3c4c(c5ccccc5c3c2)-c2c(cc3c(sc5ccccc53)c2N(c2ccccc2)c2ccc([Si](C)(C)C)cc2)C42c3ccccc3-c3cccnc32)cc1. The molecule has 12 aromatic rings. The zero-order chi connectivity index (χ0) is 50.1. The maximum absolute atomic E-state index is 5.59. The summed E-state index contributed by atoms with van der Waals surface area (Å²) in [6.07, 6.45) is 2.03. The molecule has 0 saturated heterocycles. The standard InChI is InChI=1S/C69H56N2SSi2/c1-73(2,3)49-36-31-45(32-37-49)62(44-20-9-7-10-21-44)46-33-40-55-57(42-46)51-24-13-14-27-54(51)63-64-60(69(65(55)63)59-29-17-15-25-52(59)56-28-19-41-70-68(56)69)43-58-53-26-16-18-30-61(53)72-67(58)66(64)71(47-22-11-8-12-23-47)48-34-38-50(39-35-48)74(4,5)6/h7-43,62H,1-6H3. The Morgan fingerprint density at radius 2 is 1.01 bits per heavy atom. The van der Waals surface area contributed by atoms with Crippen LogP contribution in [0.15, 0.2) is 225 Å². The average molecular weight is 1000 g/mol. The smallest absolute Gasteiger partial charge is 0.0905 e. The average Bonchev–Trinajstić information content (AvgIpc) is 4.26. The number of pyridine rings is 1. The minimum Gasteiger partial charge on any atom is -0.308 e. The molecule has 2 atom stereocenters. The summed E-state index contributed by atoms with van der Waals surface area (Å²) in [6.45, 7) is 14.6. The molecule has 74 heavy (non-hydrogen) atoms. The highest BCUT2D eigenvalue weighted by Crippen LogP contribution is 2.68. The van der Waals surface area contributed by atoms with Crippen molar-refractivity contribution in [3.8, 4) is 22.3 Å². The lowest BCUT2D eigenvalue weighted by Gasteiger charge is -2.32. The van der Waals surface area contributed by atoms with E-state index in [-0.39, 0.29) is 5.92 Å². The maximum atomic E-state index is 5.59. The number of aromatic nitrogens is 1. The lowest BCUT2D eigenvalue weighted by atomic mass is 9.70. The Morgan fingerprint density at radius 3 is 1.74 bits per heavy atom. The van der Waals surface area contributed by atoms with Crippen molar-refractivity contribution in [2.45, 2.75) is 50.6 Å². The van der Waals surface area contributed by atoms with E-state index in [0.717, 1.165) is 17.1 Å². The third-order valence-electron chi connectivity index (χ3n) is 16.3. The minimum absolute atomic E-state index is 0.0440. The Labute approximate surface area is 440 Å². The van der Waals surface area contributed by atoms with Crippen molar-refractivity contribution >= 4 is 96.6 Å². The van der Waals surface area contributed by atoms with Gasteiger partial charge in [-0.2, -0.15) is 0 Å².